The molecule has 0 aromatic heterocycles. The molecule has 0 amide bonds. The summed E-state index contributed by atoms with van der Waals surface area (Å²) in [4.78, 5) is 39.0. The zero-order chi connectivity index (χ0) is 20.0. The second-order valence-electron chi connectivity index (χ2n) is 8.27. The predicted octanol–water partition coefficient (Wildman–Crippen LogP) is -0.512. The van der Waals surface area contributed by atoms with Crippen LogP contribution in [0.15, 0.2) is 18.2 Å². The zero-order valence-electron chi connectivity index (χ0n) is 14.6. The lowest BCUT2D eigenvalue weighted by Gasteiger charge is -2.61. The average Bonchev–Trinajstić information content (AvgIpc) is 2.55. The van der Waals surface area contributed by atoms with Crippen LogP contribution in [-0.2, 0) is 4.79 Å². The van der Waals surface area contributed by atoms with Crippen LogP contribution in [0.5, 0.6) is 5.75 Å². The lowest BCUT2D eigenvalue weighted by molar-refractivity contribution is -0.274. The van der Waals surface area contributed by atoms with Gasteiger partial charge < -0.3 is 25.5 Å². The number of ketones is 3. The molecule has 2 fully saturated rings. The summed E-state index contributed by atoms with van der Waals surface area (Å²) < 4.78 is 0. The van der Waals surface area contributed by atoms with Gasteiger partial charge in [-0.1, -0.05) is 12.1 Å². The first-order valence-corrected chi connectivity index (χ1v) is 8.73. The second-order valence-corrected chi connectivity index (χ2v) is 8.27. The maximum Gasteiger partial charge on any atom is 0.199 e. The van der Waals surface area contributed by atoms with E-state index >= 15 is 0 Å². The lowest BCUT2D eigenvalue weighted by atomic mass is 9.47. The average molecular weight is 376 g/mol. The first-order valence-electron chi connectivity index (χ1n) is 8.73. The minimum absolute atomic E-state index is 0.197. The molecule has 0 spiro atoms. The summed E-state index contributed by atoms with van der Waals surface area (Å²) >= 11 is 0. The smallest absolute Gasteiger partial charge is 0.199 e. The van der Waals surface area contributed by atoms with Gasteiger partial charge in [0.25, 0.3) is 0 Å². The number of carbonyl (C=O) groups excluding carboxylic acids is 3. The van der Waals surface area contributed by atoms with E-state index in [0.717, 1.165) is 0 Å². The van der Waals surface area contributed by atoms with Crippen molar-refractivity contribution in [2.45, 2.75) is 55.0 Å². The highest BCUT2D eigenvalue weighted by Crippen LogP contribution is 2.57. The van der Waals surface area contributed by atoms with E-state index in [4.69, 9.17) is 0 Å². The molecule has 8 nitrogen and oxygen atoms in total. The molecule has 0 bridgehead atoms. The summed E-state index contributed by atoms with van der Waals surface area (Å²) in [6, 6.07) is 3.74. The van der Waals surface area contributed by atoms with Crippen LogP contribution in [0.2, 0.25) is 0 Å². The summed E-state index contributed by atoms with van der Waals surface area (Å²) in [5.74, 6) is -4.90. The van der Waals surface area contributed by atoms with Crippen LogP contribution in [0.1, 0.15) is 53.3 Å². The minimum atomic E-state index is -2.94. The Hall–Kier alpha value is -2.13. The van der Waals surface area contributed by atoms with E-state index in [0.29, 0.717) is 0 Å². The largest absolute Gasteiger partial charge is 0.507 e. The predicted molar refractivity (Wildman–Crippen MR) is 89.2 cm³/mol. The molecule has 1 aromatic carbocycles. The van der Waals surface area contributed by atoms with E-state index < -0.39 is 64.3 Å². The third-order valence-electron chi connectivity index (χ3n) is 6.39. The highest BCUT2D eigenvalue weighted by atomic mass is 16.4. The Morgan fingerprint density at radius 1 is 1.07 bits per heavy atom. The molecule has 0 saturated heterocycles. The summed E-state index contributed by atoms with van der Waals surface area (Å²) in [7, 11) is 0. The number of phenols is 1. The number of aromatic hydroxyl groups is 1. The van der Waals surface area contributed by atoms with Gasteiger partial charge in [-0.25, -0.2) is 0 Å². The van der Waals surface area contributed by atoms with Crippen LogP contribution in [0.4, 0.5) is 0 Å². The monoisotopic (exact) mass is 376 g/mol. The van der Waals surface area contributed by atoms with Crippen molar-refractivity contribution in [2.24, 2.45) is 5.92 Å². The molecule has 144 valence electrons. The van der Waals surface area contributed by atoms with Gasteiger partial charge in [-0.3, -0.25) is 14.4 Å². The molecule has 1 aromatic rings. The number of Topliss-reactive ketones (excluding diaryl/α,β-unsaturated/α-hetero) is 3. The first kappa shape index (κ1) is 18.2. The molecule has 3 aliphatic rings. The summed E-state index contributed by atoms with van der Waals surface area (Å²) in [5.41, 5.74) is -10.3. The molecule has 2 saturated carbocycles. The van der Waals surface area contributed by atoms with E-state index in [-0.39, 0.29) is 24.0 Å². The molecule has 5 unspecified atom stereocenters. The molecular weight excluding hydrogens is 356 g/mol. The van der Waals surface area contributed by atoms with Gasteiger partial charge in [-0.15, -0.1) is 0 Å². The molecule has 8 heteroatoms. The van der Waals surface area contributed by atoms with E-state index in [9.17, 15) is 39.9 Å². The molecule has 3 aliphatic carbocycles. The van der Waals surface area contributed by atoms with E-state index in [1.54, 1.807) is 0 Å². The standard InChI is InChI=1S/C19H20O8/c1-16(24)7-12(21)19(27)17(25,8-16)6-5-10-14(22)13-9(3-2-4-11(13)20)15(23)18(10,19)26/h2-4,10,20,24-27H,5-8H2,1H3. The number of phenolic OH excluding ortho intramolecular Hbond substituents is 1. The summed E-state index contributed by atoms with van der Waals surface area (Å²) in [6.45, 7) is 1.32. The van der Waals surface area contributed by atoms with Crippen LogP contribution < -0.4 is 0 Å². The van der Waals surface area contributed by atoms with Gasteiger partial charge in [0.2, 0.25) is 0 Å². The Bertz CT molecular complexity index is 905. The number of hydrogen-bond acceptors (Lipinski definition) is 8. The Morgan fingerprint density at radius 3 is 2.41 bits per heavy atom. The topological polar surface area (TPSA) is 152 Å². The van der Waals surface area contributed by atoms with Gasteiger partial charge in [0.1, 0.15) is 11.4 Å². The van der Waals surface area contributed by atoms with Crippen LogP contribution in [0.25, 0.3) is 0 Å². The normalized spacial score (nSPS) is 43.7. The number of benzene rings is 1. The van der Waals surface area contributed by atoms with E-state index in [1.807, 2.05) is 0 Å². The molecule has 0 heterocycles. The summed E-state index contributed by atoms with van der Waals surface area (Å²) in [5, 5.41) is 54.0. The van der Waals surface area contributed by atoms with Crippen molar-refractivity contribution in [2.75, 3.05) is 0 Å². The van der Waals surface area contributed by atoms with Crippen molar-refractivity contribution in [1.82, 2.24) is 0 Å². The van der Waals surface area contributed by atoms with Crippen molar-refractivity contribution in [3.8, 4) is 5.75 Å². The highest BCUT2D eigenvalue weighted by Gasteiger charge is 2.78. The van der Waals surface area contributed by atoms with Crippen LogP contribution in [0, 0.1) is 5.92 Å². The zero-order valence-corrected chi connectivity index (χ0v) is 14.6. The molecule has 4 rings (SSSR count). The molecule has 5 N–H and O–H groups in total. The van der Waals surface area contributed by atoms with Crippen molar-refractivity contribution >= 4 is 17.3 Å². The Labute approximate surface area is 154 Å². The highest BCUT2D eigenvalue weighted by molar-refractivity contribution is 6.22. The molecule has 0 radical (unpaired) electrons. The number of hydrogen-bond donors (Lipinski definition) is 5. The SMILES string of the molecule is CC1(O)CC(=O)C2(O)C(O)(CCC3C(=O)c4c(O)cccc4C(=O)C32O)C1. The number of rotatable bonds is 0. The van der Waals surface area contributed by atoms with Gasteiger partial charge in [-0.2, -0.15) is 0 Å². The first-order chi connectivity index (χ1) is 12.4. The fourth-order valence-corrected chi connectivity index (χ4v) is 5.25. The van der Waals surface area contributed by atoms with Gasteiger partial charge in [-0.05, 0) is 25.8 Å². The Kier molecular flexibility index (Phi) is 3.39. The third-order valence-corrected chi connectivity index (χ3v) is 6.39. The van der Waals surface area contributed by atoms with Crippen molar-refractivity contribution in [3.63, 3.8) is 0 Å². The quantitative estimate of drug-likeness (QED) is 0.406. The molecule has 0 aliphatic heterocycles. The van der Waals surface area contributed by atoms with Crippen molar-refractivity contribution < 1.29 is 39.9 Å². The van der Waals surface area contributed by atoms with Crippen molar-refractivity contribution in [1.29, 1.82) is 0 Å². The lowest BCUT2D eigenvalue weighted by Crippen LogP contribution is -2.83. The number of aliphatic hydroxyl groups is 4. The fraction of sp³-hybridized carbons (Fsp3) is 0.526. The Balaban J connectivity index is 1.98. The maximum absolute atomic E-state index is 13.2. The van der Waals surface area contributed by atoms with Gasteiger partial charge in [0.15, 0.2) is 28.6 Å². The minimum Gasteiger partial charge on any atom is -0.507 e. The summed E-state index contributed by atoms with van der Waals surface area (Å²) in [6.07, 6.45) is -1.50. The molecule has 27 heavy (non-hydrogen) atoms. The van der Waals surface area contributed by atoms with E-state index in [2.05, 4.69) is 0 Å². The van der Waals surface area contributed by atoms with Crippen molar-refractivity contribution in [3.05, 3.63) is 29.3 Å². The second kappa shape index (κ2) is 5.02. The van der Waals surface area contributed by atoms with Crippen LogP contribution in [0.3, 0.4) is 0 Å². The van der Waals surface area contributed by atoms with Gasteiger partial charge in [0.05, 0.1) is 17.1 Å². The third kappa shape index (κ3) is 1.93. The molecular formula is C19H20O8. The van der Waals surface area contributed by atoms with Crippen LogP contribution >= 0.6 is 0 Å². The number of carbonyl (C=O) groups is 3. The van der Waals surface area contributed by atoms with Gasteiger partial charge >= 0.3 is 0 Å². The molecule has 5 atom stereocenters. The Morgan fingerprint density at radius 2 is 1.74 bits per heavy atom. The number of fused-ring (bicyclic) bond motifs is 4. The van der Waals surface area contributed by atoms with Gasteiger partial charge in [0, 0.05) is 18.4 Å². The maximum atomic E-state index is 13.2. The van der Waals surface area contributed by atoms with Crippen LogP contribution in [-0.4, -0.2) is 65.3 Å². The van der Waals surface area contributed by atoms with E-state index in [1.165, 1.54) is 25.1 Å². The fourth-order valence-electron chi connectivity index (χ4n) is 5.25.